The summed E-state index contributed by atoms with van der Waals surface area (Å²) in [5.41, 5.74) is 0.0764. The summed E-state index contributed by atoms with van der Waals surface area (Å²) in [5.74, 6) is 0. The molecule has 0 aliphatic heterocycles. The fourth-order valence-corrected chi connectivity index (χ4v) is 4.33. The molecule has 0 atom stereocenters. The quantitative estimate of drug-likeness (QED) is 0.667. The van der Waals surface area contributed by atoms with Gasteiger partial charge in [-0.15, -0.1) is 0 Å². The van der Waals surface area contributed by atoms with E-state index in [1.807, 2.05) is 0 Å². The number of hydrogen-bond donors (Lipinski definition) is 1. The standard InChI is InChI=1S/C9H13BrO/c10-8-5-7(8,6-8)9(11)3-1-2-4-9/h11H,1-6H2. The lowest BCUT2D eigenvalue weighted by Crippen LogP contribution is -2.31. The van der Waals surface area contributed by atoms with Gasteiger partial charge in [-0.05, 0) is 25.7 Å². The third-order valence-corrected chi connectivity index (χ3v) is 5.41. The van der Waals surface area contributed by atoms with Crippen molar-refractivity contribution in [1.29, 1.82) is 0 Å². The minimum Gasteiger partial charge on any atom is -0.389 e. The second-order valence-corrected chi connectivity index (χ2v) is 6.16. The molecule has 3 rings (SSSR count). The van der Waals surface area contributed by atoms with E-state index in [1.54, 1.807) is 0 Å². The number of hydrogen-bond acceptors (Lipinski definition) is 1. The molecule has 1 N–H and O–H groups in total. The largest absolute Gasteiger partial charge is 0.389 e. The molecule has 0 aromatic heterocycles. The molecule has 0 amide bonds. The lowest BCUT2D eigenvalue weighted by molar-refractivity contribution is -0.000422. The zero-order valence-corrected chi connectivity index (χ0v) is 8.15. The first-order valence-corrected chi connectivity index (χ1v) is 5.33. The van der Waals surface area contributed by atoms with Crippen LogP contribution < -0.4 is 0 Å². The van der Waals surface area contributed by atoms with E-state index in [2.05, 4.69) is 15.9 Å². The Balaban J connectivity index is 1.89. The number of rotatable bonds is 1. The summed E-state index contributed by atoms with van der Waals surface area (Å²) >= 11 is 3.70. The van der Waals surface area contributed by atoms with E-state index < -0.39 is 0 Å². The Morgan fingerprint density at radius 3 is 1.91 bits per heavy atom. The predicted octanol–water partition coefficient (Wildman–Crippen LogP) is 2.22. The molecule has 0 spiro atoms. The second kappa shape index (κ2) is 1.56. The van der Waals surface area contributed by atoms with Crippen LogP contribution in [0.4, 0.5) is 0 Å². The van der Waals surface area contributed by atoms with Crippen LogP contribution in [0.15, 0.2) is 0 Å². The van der Waals surface area contributed by atoms with Crippen LogP contribution in [0.2, 0.25) is 0 Å². The van der Waals surface area contributed by atoms with Crippen LogP contribution in [0.1, 0.15) is 38.5 Å². The normalized spacial score (nSPS) is 57.3. The summed E-state index contributed by atoms with van der Waals surface area (Å²) in [4.78, 5) is 0. The Hall–Kier alpha value is 0.440. The van der Waals surface area contributed by atoms with E-state index in [1.165, 1.54) is 25.7 Å². The summed E-state index contributed by atoms with van der Waals surface area (Å²) in [6.45, 7) is 0. The molecular formula is C9H13BrO. The molecule has 3 fully saturated rings. The number of halogens is 1. The van der Waals surface area contributed by atoms with Crippen LogP contribution in [-0.4, -0.2) is 15.0 Å². The number of alkyl halides is 1. The SMILES string of the molecule is OC1(C23CC2(Br)C3)CCCC1. The summed E-state index contributed by atoms with van der Waals surface area (Å²) in [6, 6.07) is 0. The van der Waals surface area contributed by atoms with Gasteiger partial charge < -0.3 is 5.11 Å². The Kier molecular flexibility index (Phi) is 0.977. The van der Waals surface area contributed by atoms with Gasteiger partial charge in [0.25, 0.3) is 0 Å². The molecule has 2 heteroatoms. The summed E-state index contributed by atoms with van der Waals surface area (Å²) in [6.07, 6.45) is 7.05. The van der Waals surface area contributed by atoms with Crippen molar-refractivity contribution < 1.29 is 5.11 Å². The Labute approximate surface area is 75.3 Å². The highest BCUT2D eigenvalue weighted by Gasteiger charge is 2.88. The summed E-state index contributed by atoms with van der Waals surface area (Å²) in [7, 11) is 0. The third-order valence-electron chi connectivity index (χ3n) is 4.09. The van der Waals surface area contributed by atoms with Crippen LogP contribution in [-0.2, 0) is 0 Å². The number of fused-ring (bicyclic) bond motifs is 1. The third kappa shape index (κ3) is 0.592. The van der Waals surface area contributed by atoms with Gasteiger partial charge in [0.15, 0.2) is 0 Å². The van der Waals surface area contributed by atoms with Crippen molar-refractivity contribution in [3.63, 3.8) is 0 Å². The predicted molar refractivity (Wildman–Crippen MR) is 46.7 cm³/mol. The van der Waals surface area contributed by atoms with Crippen molar-refractivity contribution in [2.75, 3.05) is 0 Å². The maximum absolute atomic E-state index is 10.3. The van der Waals surface area contributed by atoms with Gasteiger partial charge in [0.1, 0.15) is 0 Å². The van der Waals surface area contributed by atoms with Gasteiger partial charge in [0, 0.05) is 9.74 Å². The van der Waals surface area contributed by atoms with Crippen LogP contribution in [0.5, 0.6) is 0 Å². The first-order valence-electron chi connectivity index (χ1n) is 4.53. The molecule has 0 radical (unpaired) electrons. The van der Waals surface area contributed by atoms with E-state index in [0.717, 1.165) is 12.8 Å². The van der Waals surface area contributed by atoms with E-state index >= 15 is 0 Å². The average Bonchev–Trinajstić information content (AvgIpc) is 2.53. The minimum absolute atomic E-state index is 0.267. The number of aliphatic hydroxyl groups is 1. The molecule has 0 unspecified atom stereocenters. The van der Waals surface area contributed by atoms with Gasteiger partial charge in [-0.25, -0.2) is 0 Å². The highest BCUT2D eigenvalue weighted by molar-refractivity contribution is 9.10. The average molecular weight is 217 g/mol. The molecule has 62 valence electrons. The zero-order valence-electron chi connectivity index (χ0n) is 6.57. The highest BCUT2D eigenvalue weighted by Crippen LogP contribution is 2.88. The lowest BCUT2D eigenvalue weighted by Gasteiger charge is -2.25. The van der Waals surface area contributed by atoms with E-state index in [4.69, 9.17) is 0 Å². The van der Waals surface area contributed by atoms with Gasteiger partial charge in [-0.1, -0.05) is 28.8 Å². The Morgan fingerprint density at radius 2 is 1.55 bits per heavy atom. The summed E-state index contributed by atoms with van der Waals surface area (Å²) < 4.78 is 0.402. The van der Waals surface area contributed by atoms with Gasteiger partial charge >= 0.3 is 0 Å². The van der Waals surface area contributed by atoms with Gasteiger partial charge in [0.2, 0.25) is 0 Å². The Morgan fingerprint density at radius 1 is 1.09 bits per heavy atom. The molecule has 0 aromatic rings. The van der Waals surface area contributed by atoms with Gasteiger partial charge in [0.05, 0.1) is 5.60 Å². The molecule has 0 heterocycles. The van der Waals surface area contributed by atoms with Crippen LogP contribution in [0.3, 0.4) is 0 Å². The van der Waals surface area contributed by atoms with Crippen molar-refractivity contribution in [2.45, 2.75) is 48.5 Å². The van der Waals surface area contributed by atoms with E-state index in [9.17, 15) is 5.11 Å². The van der Waals surface area contributed by atoms with Crippen molar-refractivity contribution in [3.05, 3.63) is 0 Å². The maximum Gasteiger partial charge on any atom is 0.0718 e. The molecular weight excluding hydrogens is 204 g/mol. The summed E-state index contributed by atoms with van der Waals surface area (Å²) in [5, 5.41) is 10.3. The highest BCUT2D eigenvalue weighted by atomic mass is 79.9. The van der Waals surface area contributed by atoms with Crippen LogP contribution >= 0.6 is 15.9 Å². The molecule has 3 saturated carbocycles. The Bertz CT molecular complexity index is 212. The fraction of sp³-hybridized carbons (Fsp3) is 1.00. The zero-order chi connectivity index (χ0) is 7.74. The molecule has 3 aliphatic rings. The molecule has 0 saturated heterocycles. The van der Waals surface area contributed by atoms with Gasteiger partial charge in [-0.2, -0.15) is 0 Å². The van der Waals surface area contributed by atoms with Crippen LogP contribution in [0, 0.1) is 5.41 Å². The van der Waals surface area contributed by atoms with Crippen molar-refractivity contribution in [2.24, 2.45) is 5.41 Å². The topological polar surface area (TPSA) is 20.2 Å². The maximum atomic E-state index is 10.3. The van der Waals surface area contributed by atoms with Crippen molar-refractivity contribution in [1.82, 2.24) is 0 Å². The smallest absolute Gasteiger partial charge is 0.0718 e. The van der Waals surface area contributed by atoms with E-state index in [-0.39, 0.29) is 5.60 Å². The fourth-order valence-electron chi connectivity index (χ4n) is 3.00. The second-order valence-electron chi connectivity index (χ2n) is 4.64. The monoisotopic (exact) mass is 216 g/mol. The minimum atomic E-state index is -0.267. The lowest BCUT2D eigenvalue weighted by atomic mass is 9.89. The molecule has 3 aliphatic carbocycles. The van der Waals surface area contributed by atoms with Gasteiger partial charge in [-0.3, -0.25) is 0 Å². The van der Waals surface area contributed by atoms with Crippen molar-refractivity contribution in [3.8, 4) is 0 Å². The van der Waals surface area contributed by atoms with E-state index in [0.29, 0.717) is 9.74 Å². The molecule has 0 bridgehead atoms. The van der Waals surface area contributed by atoms with Crippen LogP contribution in [0.25, 0.3) is 0 Å². The molecule has 11 heavy (non-hydrogen) atoms. The molecule has 1 nitrogen and oxygen atoms in total. The first-order chi connectivity index (χ1) is 5.12. The molecule has 0 aromatic carbocycles. The first kappa shape index (κ1) is 6.90. The van der Waals surface area contributed by atoms with Crippen molar-refractivity contribution >= 4 is 15.9 Å².